The number of amides is 1. The lowest BCUT2D eigenvalue weighted by Gasteiger charge is -2.24. The molecule has 198 valence electrons. The van der Waals surface area contributed by atoms with Crippen molar-refractivity contribution in [2.24, 2.45) is 5.92 Å². The maximum Gasteiger partial charge on any atom is 0.244 e. The number of nitrogens with zero attached hydrogens (tertiary/aromatic N) is 1. The van der Waals surface area contributed by atoms with Crippen molar-refractivity contribution >= 4 is 17.8 Å². The molecule has 4 rings (SSSR count). The zero-order chi connectivity index (χ0) is 26.7. The van der Waals surface area contributed by atoms with Gasteiger partial charge in [-0.05, 0) is 72.2 Å². The first kappa shape index (κ1) is 27.3. The van der Waals surface area contributed by atoms with Crippen molar-refractivity contribution in [2.45, 2.75) is 52.3 Å². The van der Waals surface area contributed by atoms with Crippen LogP contribution < -0.4 is 10.1 Å². The number of ether oxygens (including phenoxy) is 1. The SMILES string of the molecule is CC(C)CC(NC(=O)/C=C/c1ccccc1)C(=O)CN1CCCc2cc(OCc3ccccc3)ccc2C1. The number of carbonyl (C=O) groups excluding carboxylic acids is 2. The van der Waals surface area contributed by atoms with Crippen LogP contribution in [0.5, 0.6) is 5.75 Å². The quantitative estimate of drug-likeness (QED) is 0.330. The molecule has 1 aliphatic rings. The summed E-state index contributed by atoms with van der Waals surface area (Å²) in [6.45, 7) is 6.58. The van der Waals surface area contributed by atoms with Gasteiger partial charge in [0.15, 0.2) is 5.78 Å². The zero-order valence-corrected chi connectivity index (χ0v) is 22.4. The van der Waals surface area contributed by atoms with E-state index in [1.54, 1.807) is 6.08 Å². The maximum absolute atomic E-state index is 13.4. The normalized spacial score (nSPS) is 14.6. The summed E-state index contributed by atoms with van der Waals surface area (Å²) < 4.78 is 6.03. The fourth-order valence-corrected chi connectivity index (χ4v) is 4.80. The predicted octanol–water partition coefficient (Wildman–Crippen LogP) is 5.83. The second-order valence-corrected chi connectivity index (χ2v) is 10.4. The van der Waals surface area contributed by atoms with Crippen molar-refractivity contribution in [3.05, 3.63) is 107 Å². The molecule has 1 aliphatic heterocycles. The van der Waals surface area contributed by atoms with Crippen LogP contribution in [-0.2, 0) is 29.2 Å². The Morgan fingerprint density at radius 1 is 0.974 bits per heavy atom. The third-order valence-electron chi connectivity index (χ3n) is 6.76. The van der Waals surface area contributed by atoms with E-state index in [0.29, 0.717) is 25.5 Å². The van der Waals surface area contributed by atoms with Crippen LogP contribution in [0.15, 0.2) is 84.9 Å². The second-order valence-electron chi connectivity index (χ2n) is 10.4. The van der Waals surface area contributed by atoms with E-state index in [-0.39, 0.29) is 11.7 Å². The van der Waals surface area contributed by atoms with Crippen LogP contribution in [0.25, 0.3) is 6.08 Å². The Kier molecular flexibility index (Phi) is 9.88. The number of aryl methyl sites for hydroxylation is 1. The van der Waals surface area contributed by atoms with Crippen LogP contribution in [0.2, 0.25) is 0 Å². The molecule has 0 saturated heterocycles. The zero-order valence-electron chi connectivity index (χ0n) is 22.4. The third kappa shape index (κ3) is 8.42. The number of carbonyl (C=O) groups is 2. The summed E-state index contributed by atoms with van der Waals surface area (Å²) in [6.07, 6.45) is 5.84. The van der Waals surface area contributed by atoms with Gasteiger partial charge in [-0.15, -0.1) is 0 Å². The number of benzene rings is 3. The van der Waals surface area contributed by atoms with Crippen molar-refractivity contribution in [3.8, 4) is 5.75 Å². The third-order valence-corrected chi connectivity index (χ3v) is 6.76. The summed E-state index contributed by atoms with van der Waals surface area (Å²) in [5, 5.41) is 2.96. The minimum atomic E-state index is -0.501. The van der Waals surface area contributed by atoms with Gasteiger partial charge >= 0.3 is 0 Å². The number of hydrogen-bond donors (Lipinski definition) is 1. The van der Waals surface area contributed by atoms with Crippen LogP contribution in [0.3, 0.4) is 0 Å². The molecule has 1 heterocycles. The Balaban J connectivity index is 1.35. The van der Waals surface area contributed by atoms with E-state index in [2.05, 4.69) is 48.3 Å². The van der Waals surface area contributed by atoms with Crippen molar-refractivity contribution in [1.82, 2.24) is 10.2 Å². The summed E-state index contributed by atoms with van der Waals surface area (Å²) >= 11 is 0. The van der Waals surface area contributed by atoms with Crippen molar-refractivity contribution in [2.75, 3.05) is 13.1 Å². The van der Waals surface area contributed by atoms with Crippen molar-refractivity contribution < 1.29 is 14.3 Å². The highest BCUT2D eigenvalue weighted by molar-refractivity contribution is 5.96. The fraction of sp³-hybridized carbons (Fsp3) is 0.333. The Labute approximate surface area is 226 Å². The van der Waals surface area contributed by atoms with Crippen LogP contribution in [0.1, 0.15) is 48.9 Å². The molecule has 0 saturated carbocycles. The average Bonchev–Trinajstić information content (AvgIpc) is 3.12. The lowest BCUT2D eigenvalue weighted by molar-refractivity contribution is -0.126. The highest BCUT2D eigenvalue weighted by Crippen LogP contribution is 2.24. The van der Waals surface area contributed by atoms with Crippen LogP contribution >= 0.6 is 0 Å². The highest BCUT2D eigenvalue weighted by atomic mass is 16.5. The second kappa shape index (κ2) is 13.7. The Bertz CT molecular complexity index is 1220. The molecule has 3 aromatic carbocycles. The smallest absolute Gasteiger partial charge is 0.244 e. The summed E-state index contributed by atoms with van der Waals surface area (Å²) in [5.74, 6) is 0.991. The molecule has 0 bridgehead atoms. The van der Waals surface area contributed by atoms with E-state index in [1.165, 1.54) is 17.2 Å². The molecule has 1 amide bonds. The maximum atomic E-state index is 13.4. The van der Waals surface area contributed by atoms with Gasteiger partial charge in [0.05, 0.1) is 12.6 Å². The molecule has 0 aliphatic carbocycles. The molecule has 0 fully saturated rings. The predicted molar refractivity (Wildman–Crippen MR) is 153 cm³/mol. The lowest BCUT2D eigenvalue weighted by Crippen LogP contribution is -2.45. The fourth-order valence-electron chi connectivity index (χ4n) is 4.80. The van der Waals surface area contributed by atoms with Crippen molar-refractivity contribution in [1.29, 1.82) is 0 Å². The first-order chi connectivity index (χ1) is 18.5. The standard InChI is InChI=1S/C33H38N2O3/c1-25(2)20-31(34-33(37)18-15-26-10-5-3-6-11-26)32(36)23-35-19-9-14-28-21-30(17-16-29(28)22-35)38-24-27-12-7-4-8-13-27/h3-8,10-13,15-18,21,25,31H,9,14,19-20,22-24H2,1-2H3,(H,34,37)/b18-15+. The summed E-state index contributed by atoms with van der Waals surface area (Å²) in [4.78, 5) is 28.2. The molecule has 0 aromatic heterocycles. The lowest BCUT2D eigenvalue weighted by atomic mass is 9.99. The summed E-state index contributed by atoms with van der Waals surface area (Å²) in [7, 11) is 0. The molecule has 1 unspecified atom stereocenters. The molecule has 0 radical (unpaired) electrons. The van der Waals surface area contributed by atoms with Gasteiger partial charge in [-0.2, -0.15) is 0 Å². The number of nitrogens with one attached hydrogen (secondary N) is 1. The molecule has 0 spiro atoms. The van der Waals surface area contributed by atoms with Gasteiger partial charge in [0, 0.05) is 12.6 Å². The Morgan fingerprint density at radius 2 is 1.71 bits per heavy atom. The van der Waals surface area contributed by atoms with Gasteiger partial charge in [-0.1, -0.05) is 80.6 Å². The minimum absolute atomic E-state index is 0.0615. The molecule has 3 aromatic rings. The van der Waals surface area contributed by atoms with Gasteiger partial charge in [0.1, 0.15) is 12.4 Å². The Hall–Kier alpha value is -3.70. The monoisotopic (exact) mass is 510 g/mol. The van der Waals surface area contributed by atoms with Crippen LogP contribution in [-0.4, -0.2) is 35.7 Å². The molecular weight excluding hydrogens is 472 g/mol. The molecule has 5 heteroatoms. The van der Waals surface area contributed by atoms with Gasteiger partial charge in [0.2, 0.25) is 5.91 Å². The summed E-state index contributed by atoms with van der Waals surface area (Å²) in [5.41, 5.74) is 4.61. The van der Waals surface area contributed by atoms with E-state index in [1.807, 2.05) is 54.6 Å². The molecule has 1 atom stereocenters. The highest BCUT2D eigenvalue weighted by Gasteiger charge is 2.25. The van der Waals surface area contributed by atoms with E-state index < -0.39 is 6.04 Å². The van der Waals surface area contributed by atoms with Gasteiger partial charge in [-0.3, -0.25) is 14.5 Å². The summed E-state index contributed by atoms with van der Waals surface area (Å²) in [6, 6.07) is 25.6. The Morgan fingerprint density at radius 3 is 2.45 bits per heavy atom. The topological polar surface area (TPSA) is 58.6 Å². The van der Waals surface area contributed by atoms with E-state index in [4.69, 9.17) is 4.74 Å². The molecular formula is C33H38N2O3. The first-order valence-corrected chi connectivity index (χ1v) is 13.5. The largest absolute Gasteiger partial charge is 0.489 e. The molecule has 5 nitrogen and oxygen atoms in total. The van der Waals surface area contributed by atoms with E-state index >= 15 is 0 Å². The van der Waals surface area contributed by atoms with E-state index in [9.17, 15) is 9.59 Å². The molecule has 1 N–H and O–H groups in total. The van der Waals surface area contributed by atoms with Crippen LogP contribution in [0, 0.1) is 5.92 Å². The van der Waals surface area contributed by atoms with Gasteiger partial charge < -0.3 is 10.1 Å². The van der Waals surface area contributed by atoms with Gasteiger partial charge in [0.25, 0.3) is 0 Å². The van der Waals surface area contributed by atoms with Crippen molar-refractivity contribution in [3.63, 3.8) is 0 Å². The number of fused-ring (bicyclic) bond motifs is 1. The van der Waals surface area contributed by atoms with Gasteiger partial charge in [-0.25, -0.2) is 0 Å². The number of rotatable bonds is 11. The van der Waals surface area contributed by atoms with Crippen LogP contribution in [0.4, 0.5) is 0 Å². The number of hydrogen-bond acceptors (Lipinski definition) is 4. The first-order valence-electron chi connectivity index (χ1n) is 13.5. The average molecular weight is 511 g/mol. The number of ketones is 1. The number of Topliss-reactive ketones (excluding diaryl/α,β-unsaturated/α-hetero) is 1. The minimum Gasteiger partial charge on any atom is -0.489 e. The molecule has 38 heavy (non-hydrogen) atoms. The van der Waals surface area contributed by atoms with E-state index in [0.717, 1.165) is 42.8 Å².